The van der Waals surface area contributed by atoms with Gasteiger partial charge in [0, 0.05) is 63.0 Å². The van der Waals surface area contributed by atoms with Crippen molar-refractivity contribution in [1.29, 1.82) is 0 Å². The van der Waals surface area contributed by atoms with Gasteiger partial charge in [0.15, 0.2) is 0 Å². The highest BCUT2D eigenvalue weighted by Crippen LogP contribution is 2.32. The van der Waals surface area contributed by atoms with E-state index in [1.807, 2.05) is 37.9 Å². The number of nitrogens with one attached hydrogen (secondary N) is 1. The molecule has 0 bridgehead atoms. The van der Waals surface area contributed by atoms with E-state index in [0.29, 0.717) is 54.3 Å². The zero-order chi connectivity index (χ0) is 28.6. The number of benzene rings is 2. The highest BCUT2D eigenvalue weighted by molar-refractivity contribution is 6.45. The molecule has 0 aliphatic carbocycles. The van der Waals surface area contributed by atoms with Gasteiger partial charge in [0.1, 0.15) is 11.6 Å². The fourth-order valence-corrected chi connectivity index (χ4v) is 5.94. The normalized spacial score (nSPS) is 20.1. The van der Waals surface area contributed by atoms with Crippen LogP contribution in [-0.2, 0) is 18.3 Å². The number of rotatable bonds is 6. The number of piperidine rings is 1. The first-order chi connectivity index (χ1) is 19.2. The van der Waals surface area contributed by atoms with Gasteiger partial charge in [-0.1, -0.05) is 12.1 Å². The molecule has 9 heteroatoms. The van der Waals surface area contributed by atoms with E-state index in [2.05, 4.69) is 5.32 Å². The van der Waals surface area contributed by atoms with Crippen LogP contribution in [0.1, 0.15) is 53.0 Å². The van der Waals surface area contributed by atoms with Gasteiger partial charge in [0.2, 0.25) is 0 Å². The molecule has 2 aliphatic heterocycles. The Kier molecular flexibility index (Phi) is 7.94. The number of fused-ring (bicyclic) bond motifs is 1. The van der Waals surface area contributed by atoms with Gasteiger partial charge in [-0.25, -0.2) is 4.39 Å². The van der Waals surface area contributed by atoms with Crippen molar-refractivity contribution in [2.75, 3.05) is 33.3 Å². The maximum Gasteiger partial charge on any atom is 0.295 e. The third kappa shape index (κ3) is 5.47. The van der Waals surface area contributed by atoms with E-state index in [1.54, 1.807) is 27.8 Å². The van der Waals surface area contributed by atoms with E-state index < -0.39 is 11.7 Å². The number of hydrogen-bond donors (Lipinski definition) is 1. The van der Waals surface area contributed by atoms with E-state index in [4.69, 9.17) is 4.74 Å². The summed E-state index contributed by atoms with van der Waals surface area (Å²) in [6.45, 7) is 6.22. The van der Waals surface area contributed by atoms with Gasteiger partial charge in [0.25, 0.3) is 17.6 Å². The van der Waals surface area contributed by atoms with E-state index >= 15 is 0 Å². The molecular formula is C31H37FN4O4. The highest BCUT2D eigenvalue weighted by atomic mass is 19.1. The standard InChI is InChI=1S/C31H37FN4O4/c1-19-17-36(20(2)16-33-19)31(39)29(37)26-18-34(3)27-15-28(40-4)25(14-24(26)27)30(38)35-11-9-22(10-12-35)13-21-5-7-23(32)8-6-21/h5-8,14-15,18-20,22,33H,9-13,16-17H2,1-4H3. The van der Waals surface area contributed by atoms with Crippen LogP contribution in [0.2, 0.25) is 0 Å². The summed E-state index contributed by atoms with van der Waals surface area (Å²) in [5, 5.41) is 3.89. The van der Waals surface area contributed by atoms with Crippen molar-refractivity contribution in [3.63, 3.8) is 0 Å². The van der Waals surface area contributed by atoms with E-state index in [1.165, 1.54) is 19.2 Å². The molecule has 40 heavy (non-hydrogen) atoms. The summed E-state index contributed by atoms with van der Waals surface area (Å²) in [5.41, 5.74) is 2.47. The molecule has 5 rings (SSSR count). The molecule has 0 spiro atoms. The number of carbonyl (C=O) groups excluding carboxylic acids is 3. The van der Waals surface area contributed by atoms with Gasteiger partial charge in [0.05, 0.1) is 23.8 Å². The molecule has 1 aromatic heterocycles. The number of methoxy groups -OCH3 is 1. The lowest BCUT2D eigenvalue weighted by Gasteiger charge is -2.37. The molecule has 3 heterocycles. The molecule has 212 valence electrons. The topological polar surface area (TPSA) is 83.9 Å². The predicted molar refractivity (Wildman–Crippen MR) is 151 cm³/mol. The van der Waals surface area contributed by atoms with Crippen LogP contribution in [0, 0.1) is 11.7 Å². The summed E-state index contributed by atoms with van der Waals surface area (Å²) in [7, 11) is 3.34. The number of aryl methyl sites for hydroxylation is 1. The largest absolute Gasteiger partial charge is 0.496 e. The maximum absolute atomic E-state index is 13.7. The molecule has 2 unspecified atom stereocenters. The second kappa shape index (κ2) is 11.4. The highest BCUT2D eigenvalue weighted by Gasteiger charge is 2.33. The number of aromatic nitrogens is 1. The van der Waals surface area contributed by atoms with Gasteiger partial charge in [-0.05, 0) is 62.8 Å². The van der Waals surface area contributed by atoms with Crippen LogP contribution in [0.5, 0.6) is 5.75 Å². The second-order valence-corrected chi connectivity index (χ2v) is 11.2. The lowest BCUT2D eigenvalue weighted by molar-refractivity contribution is -0.129. The maximum atomic E-state index is 13.7. The number of ether oxygens (including phenoxy) is 1. The molecule has 3 aromatic rings. The average Bonchev–Trinajstić information content (AvgIpc) is 3.29. The Labute approximate surface area is 234 Å². The third-order valence-electron chi connectivity index (χ3n) is 8.34. The number of halogens is 1. The van der Waals surface area contributed by atoms with Crippen LogP contribution in [0.4, 0.5) is 4.39 Å². The van der Waals surface area contributed by atoms with E-state index in [-0.39, 0.29) is 29.4 Å². The summed E-state index contributed by atoms with van der Waals surface area (Å²) < 4.78 is 20.7. The van der Waals surface area contributed by atoms with Gasteiger partial charge in [-0.15, -0.1) is 0 Å². The smallest absolute Gasteiger partial charge is 0.295 e. The Morgan fingerprint density at radius 1 is 1.05 bits per heavy atom. The average molecular weight is 549 g/mol. The van der Waals surface area contributed by atoms with Crippen molar-refractivity contribution in [2.24, 2.45) is 13.0 Å². The quantitative estimate of drug-likeness (QED) is 0.374. The monoisotopic (exact) mass is 548 g/mol. The van der Waals surface area contributed by atoms with Crippen molar-refractivity contribution in [3.8, 4) is 5.75 Å². The summed E-state index contributed by atoms with van der Waals surface area (Å²) in [4.78, 5) is 44.0. The van der Waals surface area contributed by atoms with Gasteiger partial charge in [-0.3, -0.25) is 14.4 Å². The minimum Gasteiger partial charge on any atom is -0.496 e. The van der Waals surface area contributed by atoms with Crippen LogP contribution in [-0.4, -0.2) is 77.3 Å². The fourth-order valence-electron chi connectivity index (χ4n) is 5.94. The Hall–Kier alpha value is -3.72. The van der Waals surface area contributed by atoms with Crippen LogP contribution in [0.15, 0.2) is 42.6 Å². The zero-order valence-electron chi connectivity index (χ0n) is 23.6. The number of ketones is 1. The molecule has 2 aliphatic rings. The van der Waals surface area contributed by atoms with Gasteiger partial charge < -0.3 is 24.4 Å². The minimum absolute atomic E-state index is 0.0918. The number of likely N-dealkylation sites (tertiary alicyclic amines) is 1. The SMILES string of the molecule is COc1cc2c(cc1C(=O)N1CCC(Cc3ccc(F)cc3)CC1)c(C(=O)C(=O)N1CC(C)NCC1C)cn2C. The summed E-state index contributed by atoms with van der Waals surface area (Å²) in [6, 6.07) is 10.1. The molecule has 8 nitrogen and oxygen atoms in total. The van der Waals surface area contributed by atoms with Crippen LogP contribution >= 0.6 is 0 Å². The predicted octanol–water partition coefficient (Wildman–Crippen LogP) is 3.81. The van der Waals surface area contributed by atoms with Crippen molar-refractivity contribution < 1.29 is 23.5 Å². The Balaban J connectivity index is 1.36. The molecule has 0 saturated carbocycles. The Morgan fingerprint density at radius 3 is 2.42 bits per heavy atom. The zero-order valence-corrected chi connectivity index (χ0v) is 23.6. The molecule has 2 aromatic carbocycles. The van der Waals surface area contributed by atoms with Crippen molar-refractivity contribution in [1.82, 2.24) is 19.7 Å². The number of hydrogen-bond acceptors (Lipinski definition) is 5. The number of amides is 2. The first-order valence-electron chi connectivity index (χ1n) is 14.0. The molecular weight excluding hydrogens is 511 g/mol. The van der Waals surface area contributed by atoms with Crippen LogP contribution in [0.25, 0.3) is 10.9 Å². The number of carbonyl (C=O) groups is 3. The lowest BCUT2D eigenvalue weighted by Crippen LogP contribution is -2.57. The van der Waals surface area contributed by atoms with Crippen molar-refractivity contribution in [3.05, 3.63) is 65.1 Å². The number of piperazine rings is 1. The van der Waals surface area contributed by atoms with Crippen LogP contribution < -0.4 is 10.1 Å². The van der Waals surface area contributed by atoms with Crippen molar-refractivity contribution >= 4 is 28.5 Å². The van der Waals surface area contributed by atoms with Crippen molar-refractivity contribution in [2.45, 2.75) is 45.2 Å². The lowest BCUT2D eigenvalue weighted by atomic mass is 9.90. The Bertz CT molecular complexity index is 1430. The van der Waals surface area contributed by atoms with Crippen LogP contribution in [0.3, 0.4) is 0 Å². The first-order valence-corrected chi connectivity index (χ1v) is 14.0. The Morgan fingerprint density at radius 2 is 1.75 bits per heavy atom. The number of Topliss-reactive ketones (excluding diaryl/α,β-unsaturated/α-hetero) is 1. The van der Waals surface area contributed by atoms with Gasteiger partial charge in [-0.2, -0.15) is 0 Å². The second-order valence-electron chi connectivity index (χ2n) is 11.2. The molecule has 2 atom stereocenters. The molecule has 1 N–H and O–H groups in total. The molecule has 2 saturated heterocycles. The summed E-state index contributed by atoms with van der Waals surface area (Å²) >= 11 is 0. The molecule has 2 fully saturated rings. The third-order valence-corrected chi connectivity index (χ3v) is 8.34. The number of nitrogens with zero attached hydrogens (tertiary/aromatic N) is 3. The molecule has 0 radical (unpaired) electrons. The van der Waals surface area contributed by atoms with E-state index in [0.717, 1.165) is 24.8 Å². The summed E-state index contributed by atoms with van der Waals surface area (Å²) in [5.74, 6) is -0.648. The minimum atomic E-state index is -0.572. The molecule has 2 amide bonds. The van der Waals surface area contributed by atoms with E-state index in [9.17, 15) is 18.8 Å². The first kappa shape index (κ1) is 27.8. The van der Waals surface area contributed by atoms with Gasteiger partial charge >= 0.3 is 0 Å². The fraction of sp³-hybridized carbons (Fsp3) is 0.452. The summed E-state index contributed by atoms with van der Waals surface area (Å²) in [6.07, 6.45) is 4.21.